The van der Waals surface area contributed by atoms with Crippen LogP contribution in [0, 0.1) is 0 Å². The fraction of sp³-hybridized carbons (Fsp3) is 0.684. The Kier molecular flexibility index (Phi) is 6.25. The van der Waals surface area contributed by atoms with Crippen molar-refractivity contribution in [2.24, 2.45) is 0 Å². The van der Waals surface area contributed by atoms with Gasteiger partial charge < -0.3 is 10.1 Å². The Morgan fingerprint density at radius 1 is 0.952 bits per heavy atom. The van der Waals surface area contributed by atoms with Crippen molar-refractivity contribution in [1.29, 1.82) is 0 Å². The van der Waals surface area contributed by atoms with Crippen LogP contribution in [-0.4, -0.2) is 11.6 Å². The van der Waals surface area contributed by atoms with Crippen LogP contribution in [0.15, 0.2) is 24.3 Å². The molecule has 0 aromatic heterocycles. The molecule has 2 nitrogen and oxygen atoms in total. The molecular weight excluding hydrogens is 258 g/mol. The summed E-state index contributed by atoms with van der Waals surface area (Å²) < 4.78 is 6.09. The van der Waals surface area contributed by atoms with Crippen molar-refractivity contribution in [2.45, 2.75) is 84.1 Å². The predicted octanol–water partition coefficient (Wildman–Crippen LogP) is 4.81. The van der Waals surface area contributed by atoms with Gasteiger partial charge in [-0.3, -0.25) is 0 Å². The minimum atomic E-state index is 0.168. The van der Waals surface area contributed by atoms with Crippen molar-refractivity contribution in [1.82, 2.24) is 5.32 Å². The summed E-state index contributed by atoms with van der Waals surface area (Å²) in [7, 11) is 0. The van der Waals surface area contributed by atoms with Gasteiger partial charge in [-0.25, -0.2) is 0 Å². The second-order valence-electron chi connectivity index (χ2n) is 7.34. The van der Waals surface area contributed by atoms with Gasteiger partial charge in [0.05, 0.1) is 12.7 Å². The van der Waals surface area contributed by atoms with Crippen LogP contribution in [0.4, 0.5) is 0 Å². The molecule has 1 N–H and O–H groups in total. The molecule has 21 heavy (non-hydrogen) atoms. The van der Waals surface area contributed by atoms with Crippen molar-refractivity contribution in [3.8, 4) is 0 Å². The van der Waals surface area contributed by atoms with Gasteiger partial charge in [-0.2, -0.15) is 0 Å². The molecule has 1 aromatic carbocycles. The van der Waals surface area contributed by atoms with E-state index in [1.54, 1.807) is 0 Å². The molecule has 0 atom stereocenters. The number of rotatable bonds is 5. The third kappa shape index (κ3) is 6.62. The molecule has 1 aliphatic rings. The molecule has 1 fully saturated rings. The van der Waals surface area contributed by atoms with E-state index in [4.69, 9.17) is 4.74 Å². The summed E-state index contributed by atoms with van der Waals surface area (Å²) in [5.41, 5.74) is 2.79. The van der Waals surface area contributed by atoms with Gasteiger partial charge in [0, 0.05) is 12.1 Å². The first-order valence-corrected chi connectivity index (χ1v) is 8.47. The molecule has 1 saturated carbocycles. The Morgan fingerprint density at radius 3 is 2.10 bits per heavy atom. The van der Waals surface area contributed by atoms with Gasteiger partial charge >= 0.3 is 0 Å². The maximum absolute atomic E-state index is 6.09. The largest absolute Gasteiger partial charge is 0.374 e. The van der Waals surface area contributed by atoms with Crippen molar-refractivity contribution < 1.29 is 4.74 Å². The van der Waals surface area contributed by atoms with Gasteiger partial charge in [0.25, 0.3) is 0 Å². The first-order valence-electron chi connectivity index (χ1n) is 8.47. The molecule has 0 bridgehead atoms. The average molecular weight is 289 g/mol. The Hall–Kier alpha value is -0.860. The standard InChI is InChI=1S/C19H31NO/c1-19(2,3)20-14-16-10-12-17(13-11-16)15-21-18-8-6-4-5-7-9-18/h10-13,18,20H,4-9,14-15H2,1-3H3. The zero-order valence-electron chi connectivity index (χ0n) is 14.0. The van der Waals surface area contributed by atoms with Crippen LogP contribution in [0.25, 0.3) is 0 Å². The number of ether oxygens (including phenoxy) is 1. The lowest BCUT2D eigenvalue weighted by Gasteiger charge is -2.20. The van der Waals surface area contributed by atoms with Gasteiger partial charge in [0.1, 0.15) is 0 Å². The van der Waals surface area contributed by atoms with Crippen molar-refractivity contribution in [3.05, 3.63) is 35.4 Å². The van der Waals surface area contributed by atoms with E-state index in [1.807, 2.05) is 0 Å². The highest BCUT2D eigenvalue weighted by Crippen LogP contribution is 2.21. The van der Waals surface area contributed by atoms with Crippen molar-refractivity contribution in [3.63, 3.8) is 0 Å². The summed E-state index contributed by atoms with van der Waals surface area (Å²) in [6, 6.07) is 8.84. The SMILES string of the molecule is CC(C)(C)NCc1ccc(COC2CCCCCC2)cc1. The molecule has 1 aliphatic carbocycles. The van der Waals surface area contributed by atoms with E-state index in [9.17, 15) is 0 Å². The predicted molar refractivity (Wildman–Crippen MR) is 89.3 cm³/mol. The summed E-state index contributed by atoms with van der Waals surface area (Å²) in [5, 5.41) is 3.52. The third-order valence-corrected chi connectivity index (χ3v) is 4.13. The number of hydrogen-bond acceptors (Lipinski definition) is 2. The van der Waals surface area contributed by atoms with Crippen molar-refractivity contribution >= 4 is 0 Å². The van der Waals surface area contributed by atoms with Crippen LogP contribution in [0.2, 0.25) is 0 Å². The second-order valence-corrected chi connectivity index (χ2v) is 7.34. The Labute approximate surface area is 130 Å². The van der Waals surface area contributed by atoms with Crippen molar-refractivity contribution in [2.75, 3.05) is 0 Å². The molecule has 0 spiro atoms. The first-order chi connectivity index (χ1) is 10.0. The first kappa shape index (κ1) is 16.5. The monoisotopic (exact) mass is 289 g/mol. The highest BCUT2D eigenvalue weighted by Gasteiger charge is 2.12. The van der Waals surface area contributed by atoms with Crippen LogP contribution >= 0.6 is 0 Å². The summed E-state index contributed by atoms with van der Waals surface area (Å²) in [5.74, 6) is 0. The van der Waals surface area contributed by atoms with Crippen LogP contribution in [0.1, 0.15) is 70.4 Å². The Bertz CT molecular complexity index is 397. The summed E-state index contributed by atoms with van der Waals surface area (Å²) in [4.78, 5) is 0. The number of hydrogen-bond donors (Lipinski definition) is 1. The van der Waals surface area contributed by atoms with Crippen LogP contribution < -0.4 is 5.32 Å². The molecule has 2 heteroatoms. The molecule has 0 unspecified atom stereocenters. The quantitative estimate of drug-likeness (QED) is 0.785. The molecule has 118 valence electrons. The second kappa shape index (κ2) is 7.95. The smallest absolute Gasteiger partial charge is 0.0720 e. The van der Waals surface area contributed by atoms with E-state index in [0.29, 0.717) is 6.10 Å². The summed E-state index contributed by atoms with van der Waals surface area (Å²) in [6.45, 7) is 8.27. The van der Waals surface area contributed by atoms with Gasteiger partial charge in [-0.1, -0.05) is 49.9 Å². The van der Waals surface area contributed by atoms with E-state index in [0.717, 1.165) is 13.2 Å². The maximum atomic E-state index is 6.09. The van der Waals surface area contributed by atoms with E-state index < -0.39 is 0 Å². The van der Waals surface area contributed by atoms with Gasteiger partial charge in [0.2, 0.25) is 0 Å². The highest BCUT2D eigenvalue weighted by molar-refractivity contribution is 5.22. The molecule has 0 heterocycles. The topological polar surface area (TPSA) is 21.3 Å². The molecule has 0 saturated heterocycles. The average Bonchev–Trinajstić information content (AvgIpc) is 2.72. The fourth-order valence-electron chi connectivity index (χ4n) is 2.74. The molecular formula is C19H31NO. The van der Waals surface area contributed by atoms with Gasteiger partial charge in [-0.05, 0) is 44.7 Å². The minimum Gasteiger partial charge on any atom is -0.374 e. The van der Waals surface area contributed by atoms with Gasteiger partial charge in [-0.15, -0.1) is 0 Å². The van der Waals surface area contributed by atoms with E-state index in [-0.39, 0.29) is 5.54 Å². The van der Waals surface area contributed by atoms with Crippen LogP contribution in [0.3, 0.4) is 0 Å². The van der Waals surface area contributed by atoms with Gasteiger partial charge in [0.15, 0.2) is 0 Å². The molecule has 1 aromatic rings. The lowest BCUT2D eigenvalue weighted by atomic mass is 10.1. The summed E-state index contributed by atoms with van der Waals surface area (Å²) in [6.07, 6.45) is 8.41. The summed E-state index contributed by atoms with van der Waals surface area (Å²) >= 11 is 0. The Morgan fingerprint density at radius 2 is 1.52 bits per heavy atom. The molecule has 0 radical (unpaired) electrons. The number of nitrogens with one attached hydrogen (secondary N) is 1. The lowest BCUT2D eigenvalue weighted by molar-refractivity contribution is 0.0310. The molecule has 0 aliphatic heterocycles. The fourth-order valence-corrected chi connectivity index (χ4v) is 2.74. The van der Waals surface area contributed by atoms with Crippen LogP contribution in [0.5, 0.6) is 0 Å². The van der Waals surface area contributed by atoms with Crippen LogP contribution in [-0.2, 0) is 17.9 Å². The zero-order valence-corrected chi connectivity index (χ0v) is 14.0. The zero-order chi connectivity index (χ0) is 15.1. The van der Waals surface area contributed by atoms with E-state index in [1.165, 1.54) is 49.7 Å². The normalized spacial score (nSPS) is 17.7. The highest BCUT2D eigenvalue weighted by atomic mass is 16.5. The minimum absolute atomic E-state index is 0.168. The molecule has 2 rings (SSSR count). The Balaban J connectivity index is 1.76. The third-order valence-electron chi connectivity index (χ3n) is 4.13. The number of benzene rings is 1. The van der Waals surface area contributed by atoms with E-state index in [2.05, 4.69) is 50.4 Å². The lowest BCUT2D eigenvalue weighted by Crippen LogP contribution is -2.35. The van der Waals surface area contributed by atoms with E-state index >= 15 is 0 Å². The maximum Gasteiger partial charge on any atom is 0.0720 e. The molecule has 0 amide bonds.